The van der Waals surface area contributed by atoms with Gasteiger partial charge in [0.1, 0.15) is 0 Å². The molecule has 0 unspecified atom stereocenters. The van der Waals surface area contributed by atoms with Crippen molar-refractivity contribution in [3.63, 3.8) is 0 Å². The minimum atomic E-state index is -0.167. The molecule has 0 aromatic heterocycles. The Hall–Kier alpha value is -2.37. The summed E-state index contributed by atoms with van der Waals surface area (Å²) in [6, 6.07) is 17.6. The Morgan fingerprint density at radius 2 is 1.75 bits per heavy atom. The van der Waals surface area contributed by atoms with Crippen molar-refractivity contribution in [2.24, 2.45) is 4.99 Å². The van der Waals surface area contributed by atoms with E-state index in [2.05, 4.69) is 10.9 Å². The maximum absolute atomic E-state index is 8.06. The Labute approximate surface area is 120 Å². The molecule has 0 aliphatic rings. The number of hydrogen-bond acceptors (Lipinski definition) is 2. The van der Waals surface area contributed by atoms with Crippen LogP contribution in [0.5, 0.6) is 0 Å². The smallest absolute Gasteiger partial charge is 0.0642 e. The SMILES string of the molecule is C#Cc1cccc(N=Cc2ccccc2)c1.CC(C)O. The fraction of sp³-hybridized carbons (Fsp3) is 0.167. The standard InChI is InChI=1S/C15H11N.C3H8O/c1-2-13-9-6-10-15(11-13)16-12-14-7-4-3-5-8-14;1-3(2)4/h1,3-12H;3-4H,1-2H3. The molecule has 0 fully saturated rings. The predicted octanol–water partition coefficient (Wildman–Crippen LogP) is 3.81. The van der Waals surface area contributed by atoms with Gasteiger partial charge in [-0.3, -0.25) is 4.99 Å². The minimum Gasteiger partial charge on any atom is -0.394 e. The highest BCUT2D eigenvalue weighted by atomic mass is 16.3. The van der Waals surface area contributed by atoms with Gasteiger partial charge >= 0.3 is 0 Å². The van der Waals surface area contributed by atoms with Gasteiger partial charge in [-0.2, -0.15) is 0 Å². The molecule has 20 heavy (non-hydrogen) atoms. The quantitative estimate of drug-likeness (QED) is 0.650. The van der Waals surface area contributed by atoms with Crippen LogP contribution in [0.1, 0.15) is 25.0 Å². The zero-order chi connectivity index (χ0) is 14.8. The molecular formula is C18H19NO. The Morgan fingerprint density at radius 1 is 1.10 bits per heavy atom. The van der Waals surface area contributed by atoms with Crippen LogP contribution in [0.15, 0.2) is 59.6 Å². The van der Waals surface area contributed by atoms with E-state index in [-0.39, 0.29) is 6.10 Å². The molecule has 0 saturated heterocycles. The predicted molar refractivity (Wildman–Crippen MR) is 85.4 cm³/mol. The molecule has 0 aliphatic carbocycles. The molecular weight excluding hydrogens is 246 g/mol. The van der Waals surface area contributed by atoms with Crippen molar-refractivity contribution in [3.05, 3.63) is 65.7 Å². The third-order valence-corrected chi connectivity index (χ3v) is 2.18. The van der Waals surface area contributed by atoms with E-state index in [1.165, 1.54) is 0 Å². The zero-order valence-corrected chi connectivity index (χ0v) is 11.8. The second-order valence-electron chi connectivity index (χ2n) is 4.46. The molecule has 0 saturated carbocycles. The highest BCUT2D eigenvalue weighted by molar-refractivity contribution is 5.81. The van der Waals surface area contributed by atoms with E-state index in [1.807, 2.05) is 60.8 Å². The summed E-state index contributed by atoms with van der Waals surface area (Å²) in [6.45, 7) is 3.44. The van der Waals surface area contributed by atoms with Gasteiger partial charge in [0.05, 0.1) is 5.69 Å². The fourth-order valence-corrected chi connectivity index (χ4v) is 1.36. The molecule has 0 heterocycles. The van der Waals surface area contributed by atoms with E-state index >= 15 is 0 Å². The van der Waals surface area contributed by atoms with Crippen LogP contribution in [0.2, 0.25) is 0 Å². The molecule has 2 rings (SSSR count). The van der Waals surface area contributed by atoms with Gasteiger partial charge in [0, 0.05) is 17.9 Å². The molecule has 2 aromatic carbocycles. The van der Waals surface area contributed by atoms with Gasteiger partial charge in [0.25, 0.3) is 0 Å². The molecule has 0 atom stereocenters. The van der Waals surface area contributed by atoms with Crippen LogP contribution in [-0.2, 0) is 0 Å². The second-order valence-corrected chi connectivity index (χ2v) is 4.46. The summed E-state index contributed by atoms with van der Waals surface area (Å²) in [6.07, 6.45) is 6.99. The molecule has 0 spiro atoms. The van der Waals surface area contributed by atoms with Crippen molar-refractivity contribution in [3.8, 4) is 12.3 Å². The third-order valence-electron chi connectivity index (χ3n) is 2.18. The second kappa shape index (κ2) is 8.68. The van der Waals surface area contributed by atoms with Crippen LogP contribution in [0.25, 0.3) is 0 Å². The molecule has 1 N–H and O–H groups in total. The highest BCUT2D eigenvalue weighted by Crippen LogP contribution is 2.13. The first-order valence-corrected chi connectivity index (χ1v) is 6.45. The summed E-state index contributed by atoms with van der Waals surface area (Å²) in [5.74, 6) is 2.59. The van der Waals surface area contributed by atoms with Gasteiger partial charge in [-0.05, 0) is 37.6 Å². The van der Waals surface area contributed by atoms with Crippen molar-refractivity contribution in [2.45, 2.75) is 20.0 Å². The van der Waals surface area contributed by atoms with Gasteiger partial charge in [0.2, 0.25) is 0 Å². The number of hydrogen-bond donors (Lipinski definition) is 1. The third kappa shape index (κ3) is 6.53. The van der Waals surface area contributed by atoms with Crippen molar-refractivity contribution in [1.29, 1.82) is 0 Å². The van der Waals surface area contributed by atoms with Crippen molar-refractivity contribution in [2.75, 3.05) is 0 Å². The first-order valence-electron chi connectivity index (χ1n) is 6.45. The van der Waals surface area contributed by atoms with E-state index in [4.69, 9.17) is 11.5 Å². The first-order chi connectivity index (χ1) is 9.61. The summed E-state index contributed by atoms with van der Waals surface area (Å²) in [5.41, 5.74) is 2.80. The van der Waals surface area contributed by atoms with Crippen LogP contribution in [0.4, 0.5) is 5.69 Å². The van der Waals surface area contributed by atoms with Gasteiger partial charge < -0.3 is 5.11 Å². The maximum atomic E-state index is 8.06. The fourth-order valence-electron chi connectivity index (χ4n) is 1.36. The Morgan fingerprint density at radius 3 is 2.35 bits per heavy atom. The topological polar surface area (TPSA) is 32.6 Å². The lowest BCUT2D eigenvalue weighted by atomic mass is 10.2. The lowest BCUT2D eigenvalue weighted by Gasteiger charge is -1.95. The average Bonchev–Trinajstić information content (AvgIpc) is 2.46. The van der Waals surface area contributed by atoms with E-state index in [0.717, 1.165) is 16.8 Å². The van der Waals surface area contributed by atoms with Crippen LogP contribution in [-0.4, -0.2) is 17.4 Å². The van der Waals surface area contributed by atoms with Crippen molar-refractivity contribution < 1.29 is 5.11 Å². The van der Waals surface area contributed by atoms with E-state index in [0.29, 0.717) is 0 Å². The number of aliphatic hydroxyl groups excluding tert-OH is 1. The molecule has 102 valence electrons. The number of aliphatic imine (C=N–C) groups is 1. The normalized spacial score (nSPS) is 9.95. The number of terminal acetylenes is 1. The Balaban J connectivity index is 0.000000444. The summed E-state index contributed by atoms with van der Waals surface area (Å²) in [5, 5.41) is 8.06. The molecule has 0 aliphatic heterocycles. The lowest BCUT2D eigenvalue weighted by Crippen LogP contribution is -1.85. The molecule has 2 aromatic rings. The average molecular weight is 265 g/mol. The van der Waals surface area contributed by atoms with Crippen molar-refractivity contribution in [1.82, 2.24) is 0 Å². The summed E-state index contributed by atoms with van der Waals surface area (Å²) < 4.78 is 0. The molecule has 0 bridgehead atoms. The number of nitrogens with zero attached hydrogens (tertiary/aromatic N) is 1. The van der Waals surface area contributed by atoms with Gasteiger partial charge in [-0.25, -0.2) is 0 Å². The zero-order valence-electron chi connectivity index (χ0n) is 11.8. The van der Waals surface area contributed by atoms with Gasteiger partial charge in [0.15, 0.2) is 0 Å². The Bertz CT molecular complexity index is 577. The summed E-state index contributed by atoms with van der Waals surface area (Å²) >= 11 is 0. The monoisotopic (exact) mass is 265 g/mol. The van der Waals surface area contributed by atoms with Gasteiger partial charge in [-0.1, -0.05) is 42.3 Å². The largest absolute Gasteiger partial charge is 0.394 e. The number of benzene rings is 2. The van der Waals surface area contributed by atoms with Gasteiger partial charge in [-0.15, -0.1) is 6.42 Å². The highest BCUT2D eigenvalue weighted by Gasteiger charge is 1.90. The minimum absolute atomic E-state index is 0.167. The number of rotatable bonds is 2. The van der Waals surface area contributed by atoms with E-state index in [9.17, 15) is 0 Å². The maximum Gasteiger partial charge on any atom is 0.0642 e. The van der Waals surface area contributed by atoms with Crippen LogP contribution in [0, 0.1) is 12.3 Å². The lowest BCUT2D eigenvalue weighted by molar-refractivity contribution is 0.216. The first kappa shape index (κ1) is 15.7. The van der Waals surface area contributed by atoms with Crippen LogP contribution >= 0.6 is 0 Å². The van der Waals surface area contributed by atoms with E-state index in [1.54, 1.807) is 13.8 Å². The van der Waals surface area contributed by atoms with Crippen LogP contribution in [0.3, 0.4) is 0 Å². The Kier molecular flexibility index (Phi) is 6.81. The summed E-state index contributed by atoms with van der Waals surface area (Å²) in [7, 11) is 0. The van der Waals surface area contributed by atoms with Crippen LogP contribution < -0.4 is 0 Å². The molecule has 0 radical (unpaired) electrons. The molecule has 2 nitrogen and oxygen atoms in total. The van der Waals surface area contributed by atoms with E-state index < -0.39 is 0 Å². The van der Waals surface area contributed by atoms with Crippen molar-refractivity contribution >= 4 is 11.9 Å². The number of aliphatic hydroxyl groups is 1. The summed E-state index contributed by atoms with van der Waals surface area (Å²) in [4.78, 5) is 4.36. The molecule has 0 amide bonds. The molecule has 2 heteroatoms.